The van der Waals surface area contributed by atoms with E-state index in [0.717, 1.165) is 0 Å². The molecular formula is C12H19ClN4O2. The number of amides is 2. The number of halogens is 1. The summed E-state index contributed by atoms with van der Waals surface area (Å²) in [5, 5.41) is 9.58. The second-order valence-corrected chi connectivity index (χ2v) is 5.71. The third-order valence-corrected chi connectivity index (χ3v) is 2.74. The van der Waals surface area contributed by atoms with Crippen molar-refractivity contribution in [3.8, 4) is 0 Å². The van der Waals surface area contributed by atoms with Crippen molar-refractivity contribution in [3.63, 3.8) is 0 Å². The minimum absolute atomic E-state index is 0.0965. The SMILES string of the molecule is Cc1nn(C)c(Cl)c1C(=O)NCC(=O)NC(C)(C)C. The molecule has 0 aromatic carbocycles. The largest absolute Gasteiger partial charge is 0.350 e. The number of nitrogens with one attached hydrogen (secondary N) is 2. The van der Waals surface area contributed by atoms with Gasteiger partial charge in [-0.15, -0.1) is 0 Å². The molecule has 1 heterocycles. The Morgan fingerprint density at radius 3 is 2.37 bits per heavy atom. The maximum absolute atomic E-state index is 11.9. The van der Waals surface area contributed by atoms with Crippen molar-refractivity contribution in [1.82, 2.24) is 20.4 Å². The Kier molecular flexibility index (Phi) is 4.57. The van der Waals surface area contributed by atoms with Crippen LogP contribution in [0.2, 0.25) is 5.15 Å². The molecule has 0 radical (unpaired) electrons. The summed E-state index contributed by atoms with van der Waals surface area (Å²) in [5.74, 6) is -0.654. The van der Waals surface area contributed by atoms with E-state index in [1.54, 1.807) is 14.0 Å². The lowest BCUT2D eigenvalue weighted by Gasteiger charge is -2.20. The molecule has 0 aliphatic rings. The van der Waals surface area contributed by atoms with Gasteiger partial charge in [0.15, 0.2) is 0 Å². The van der Waals surface area contributed by atoms with Crippen LogP contribution < -0.4 is 10.6 Å². The van der Waals surface area contributed by atoms with E-state index in [2.05, 4.69) is 15.7 Å². The highest BCUT2D eigenvalue weighted by Gasteiger charge is 2.20. The van der Waals surface area contributed by atoms with Gasteiger partial charge in [0.1, 0.15) is 5.15 Å². The molecule has 0 bridgehead atoms. The Balaban J connectivity index is 2.64. The maximum Gasteiger partial charge on any atom is 0.256 e. The van der Waals surface area contributed by atoms with Crippen molar-refractivity contribution >= 4 is 23.4 Å². The number of aryl methyl sites for hydroxylation is 2. The van der Waals surface area contributed by atoms with Crippen molar-refractivity contribution in [2.45, 2.75) is 33.2 Å². The lowest BCUT2D eigenvalue weighted by molar-refractivity contribution is -0.121. The molecule has 0 aliphatic heterocycles. The highest BCUT2D eigenvalue weighted by Crippen LogP contribution is 2.17. The smallest absolute Gasteiger partial charge is 0.256 e. The first kappa shape index (κ1) is 15.5. The Morgan fingerprint density at radius 1 is 1.37 bits per heavy atom. The predicted molar refractivity (Wildman–Crippen MR) is 73.2 cm³/mol. The average molecular weight is 287 g/mol. The van der Waals surface area contributed by atoms with Crippen LogP contribution in [0.4, 0.5) is 0 Å². The van der Waals surface area contributed by atoms with Gasteiger partial charge in [0, 0.05) is 12.6 Å². The van der Waals surface area contributed by atoms with E-state index in [1.165, 1.54) is 4.68 Å². The predicted octanol–water partition coefficient (Wildman–Crippen LogP) is 1.03. The third kappa shape index (κ3) is 4.24. The second-order valence-electron chi connectivity index (χ2n) is 5.36. The maximum atomic E-state index is 11.9. The molecule has 19 heavy (non-hydrogen) atoms. The van der Waals surface area contributed by atoms with E-state index in [0.29, 0.717) is 11.3 Å². The Morgan fingerprint density at radius 2 is 1.95 bits per heavy atom. The normalized spacial score (nSPS) is 11.3. The molecule has 2 N–H and O–H groups in total. The first-order chi connectivity index (χ1) is 8.61. The van der Waals surface area contributed by atoms with E-state index in [4.69, 9.17) is 11.6 Å². The highest BCUT2D eigenvalue weighted by atomic mass is 35.5. The van der Waals surface area contributed by atoms with Crippen molar-refractivity contribution in [2.24, 2.45) is 7.05 Å². The molecule has 1 rings (SSSR count). The molecule has 106 valence electrons. The van der Waals surface area contributed by atoms with Crippen LogP contribution in [0.5, 0.6) is 0 Å². The fraction of sp³-hybridized carbons (Fsp3) is 0.583. The molecule has 0 saturated carbocycles. The highest BCUT2D eigenvalue weighted by molar-refractivity contribution is 6.33. The zero-order valence-corrected chi connectivity index (χ0v) is 12.6. The zero-order chi connectivity index (χ0) is 14.8. The molecule has 0 spiro atoms. The van der Waals surface area contributed by atoms with E-state index in [9.17, 15) is 9.59 Å². The first-order valence-electron chi connectivity index (χ1n) is 5.90. The number of nitrogens with zero attached hydrogens (tertiary/aromatic N) is 2. The fourth-order valence-electron chi connectivity index (χ4n) is 1.60. The molecule has 1 aromatic heterocycles. The monoisotopic (exact) mass is 286 g/mol. The summed E-state index contributed by atoms with van der Waals surface area (Å²) >= 11 is 5.97. The molecule has 2 amide bonds. The molecule has 0 saturated heterocycles. The molecule has 0 fully saturated rings. The van der Waals surface area contributed by atoms with Gasteiger partial charge in [-0.2, -0.15) is 5.10 Å². The van der Waals surface area contributed by atoms with Crippen LogP contribution in [0.15, 0.2) is 0 Å². The average Bonchev–Trinajstić information content (AvgIpc) is 2.47. The molecule has 0 unspecified atom stereocenters. The van der Waals surface area contributed by atoms with Gasteiger partial charge >= 0.3 is 0 Å². The zero-order valence-electron chi connectivity index (χ0n) is 11.8. The number of hydrogen-bond acceptors (Lipinski definition) is 3. The minimum atomic E-state index is -0.403. The molecule has 6 nitrogen and oxygen atoms in total. The second kappa shape index (κ2) is 5.61. The number of hydrogen-bond donors (Lipinski definition) is 2. The minimum Gasteiger partial charge on any atom is -0.350 e. The van der Waals surface area contributed by atoms with Crippen LogP contribution in [0.25, 0.3) is 0 Å². The van der Waals surface area contributed by atoms with Crippen molar-refractivity contribution in [3.05, 3.63) is 16.4 Å². The van der Waals surface area contributed by atoms with Crippen LogP contribution in [-0.4, -0.2) is 33.7 Å². The fourth-order valence-corrected chi connectivity index (χ4v) is 1.86. The summed E-state index contributed by atoms with van der Waals surface area (Å²) in [5.41, 5.74) is 0.498. The third-order valence-electron chi connectivity index (χ3n) is 2.30. The van der Waals surface area contributed by atoms with Gasteiger partial charge in [0.05, 0.1) is 17.8 Å². The molecule has 0 atom stereocenters. The summed E-state index contributed by atoms with van der Waals surface area (Å²) in [4.78, 5) is 23.5. The first-order valence-corrected chi connectivity index (χ1v) is 6.28. The van der Waals surface area contributed by atoms with E-state index in [1.807, 2.05) is 20.8 Å². The van der Waals surface area contributed by atoms with Crippen molar-refractivity contribution in [1.29, 1.82) is 0 Å². The summed E-state index contributed by atoms with van der Waals surface area (Å²) < 4.78 is 1.42. The quantitative estimate of drug-likeness (QED) is 0.871. The number of rotatable bonds is 3. The Labute approximate surface area is 117 Å². The van der Waals surface area contributed by atoms with Gasteiger partial charge in [-0.3, -0.25) is 14.3 Å². The topological polar surface area (TPSA) is 76.0 Å². The van der Waals surface area contributed by atoms with Gasteiger partial charge in [0.2, 0.25) is 5.91 Å². The molecule has 0 aliphatic carbocycles. The molecular weight excluding hydrogens is 268 g/mol. The summed E-state index contributed by atoms with van der Waals surface area (Å²) in [6, 6.07) is 0. The number of carbonyl (C=O) groups is 2. The molecule has 7 heteroatoms. The summed E-state index contributed by atoms with van der Waals surface area (Å²) in [6.45, 7) is 7.20. The van der Waals surface area contributed by atoms with Crippen LogP contribution in [0.1, 0.15) is 36.8 Å². The Bertz CT molecular complexity index is 503. The summed E-state index contributed by atoms with van der Waals surface area (Å²) in [7, 11) is 1.65. The van der Waals surface area contributed by atoms with Gasteiger partial charge in [-0.05, 0) is 27.7 Å². The van der Waals surface area contributed by atoms with Crippen LogP contribution >= 0.6 is 11.6 Å². The number of aromatic nitrogens is 2. The van der Waals surface area contributed by atoms with Gasteiger partial charge < -0.3 is 10.6 Å². The van der Waals surface area contributed by atoms with E-state index >= 15 is 0 Å². The van der Waals surface area contributed by atoms with Crippen LogP contribution in [0.3, 0.4) is 0 Å². The van der Waals surface area contributed by atoms with Crippen molar-refractivity contribution in [2.75, 3.05) is 6.54 Å². The van der Waals surface area contributed by atoms with Crippen molar-refractivity contribution < 1.29 is 9.59 Å². The number of carbonyl (C=O) groups excluding carboxylic acids is 2. The van der Waals surface area contributed by atoms with Crippen LogP contribution in [0, 0.1) is 6.92 Å². The lowest BCUT2D eigenvalue weighted by atomic mass is 10.1. The summed E-state index contributed by atoms with van der Waals surface area (Å²) in [6.07, 6.45) is 0. The Hall–Kier alpha value is -1.56. The van der Waals surface area contributed by atoms with Gasteiger partial charge in [-0.1, -0.05) is 11.6 Å². The standard InChI is InChI=1S/C12H19ClN4O2/c1-7-9(10(13)17(5)16-7)11(19)14-6-8(18)15-12(2,3)4/h6H2,1-5H3,(H,14,19)(H,15,18). The van der Waals surface area contributed by atoms with Gasteiger partial charge in [0.25, 0.3) is 5.91 Å². The lowest BCUT2D eigenvalue weighted by Crippen LogP contribution is -2.45. The van der Waals surface area contributed by atoms with E-state index in [-0.39, 0.29) is 23.1 Å². The molecule has 1 aromatic rings. The van der Waals surface area contributed by atoms with Crippen LogP contribution in [-0.2, 0) is 11.8 Å². The van der Waals surface area contributed by atoms with E-state index < -0.39 is 5.91 Å². The van der Waals surface area contributed by atoms with Gasteiger partial charge in [-0.25, -0.2) is 0 Å².